The molecular formula is C19H33N5O2. The van der Waals surface area contributed by atoms with Crippen molar-refractivity contribution in [3.8, 4) is 0 Å². The molecule has 0 unspecified atom stereocenters. The number of carbonyl (C=O) groups excluding carboxylic acids is 1. The number of aromatic nitrogens is 2. The van der Waals surface area contributed by atoms with Crippen molar-refractivity contribution in [3.05, 3.63) is 11.8 Å². The minimum atomic E-state index is -0.0542. The molecule has 2 heterocycles. The molecule has 146 valence electrons. The quantitative estimate of drug-likeness (QED) is 0.809. The van der Waals surface area contributed by atoms with Crippen molar-refractivity contribution in [1.82, 2.24) is 19.6 Å². The lowest BCUT2D eigenvalue weighted by Crippen LogP contribution is -2.43. The van der Waals surface area contributed by atoms with Crippen LogP contribution >= 0.6 is 0 Å². The number of carbonyl (C=O) groups is 1. The second kappa shape index (κ2) is 8.86. The summed E-state index contributed by atoms with van der Waals surface area (Å²) in [5.41, 5.74) is 0.950. The number of ether oxygens (including phenoxy) is 1. The zero-order chi connectivity index (χ0) is 18.5. The van der Waals surface area contributed by atoms with Crippen LogP contribution in [0.5, 0.6) is 0 Å². The normalized spacial score (nSPS) is 20.8. The third-order valence-corrected chi connectivity index (χ3v) is 5.32. The Morgan fingerprint density at radius 1 is 1.27 bits per heavy atom. The predicted molar refractivity (Wildman–Crippen MR) is 103 cm³/mol. The highest BCUT2D eigenvalue weighted by atomic mass is 16.5. The van der Waals surface area contributed by atoms with Crippen molar-refractivity contribution in [2.75, 3.05) is 45.7 Å². The number of amides is 2. The van der Waals surface area contributed by atoms with Crippen LogP contribution in [-0.4, -0.2) is 72.1 Å². The number of hydrogen-bond acceptors (Lipinski definition) is 4. The number of urea groups is 1. The minimum absolute atomic E-state index is 0.0542. The Bertz CT molecular complexity index is 589. The monoisotopic (exact) mass is 363 g/mol. The maximum absolute atomic E-state index is 13.0. The van der Waals surface area contributed by atoms with Crippen LogP contribution in [0.15, 0.2) is 6.07 Å². The first-order valence-corrected chi connectivity index (χ1v) is 9.91. The van der Waals surface area contributed by atoms with Crippen molar-refractivity contribution in [3.63, 3.8) is 0 Å². The van der Waals surface area contributed by atoms with E-state index in [9.17, 15) is 4.79 Å². The summed E-state index contributed by atoms with van der Waals surface area (Å²) >= 11 is 0. The van der Waals surface area contributed by atoms with Gasteiger partial charge in [-0.05, 0) is 46.7 Å². The maximum Gasteiger partial charge on any atom is 0.323 e. The van der Waals surface area contributed by atoms with Crippen LogP contribution in [0.3, 0.4) is 0 Å². The van der Waals surface area contributed by atoms with Gasteiger partial charge in [0, 0.05) is 32.3 Å². The number of aryl methyl sites for hydroxylation is 1. The number of anilines is 1. The molecular weight excluding hydrogens is 330 g/mol. The summed E-state index contributed by atoms with van der Waals surface area (Å²) in [5.74, 6) is 0.821. The van der Waals surface area contributed by atoms with Crippen LogP contribution < -0.4 is 5.32 Å². The Labute approximate surface area is 156 Å². The number of rotatable bonds is 7. The zero-order valence-corrected chi connectivity index (χ0v) is 16.4. The molecule has 1 aromatic heterocycles. The molecule has 1 saturated heterocycles. The Morgan fingerprint density at radius 2 is 2.04 bits per heavy atom. The van der Waals surface area contributed by atoms with E-state index in [0.29, 0.717) is 19.1 Å². The van der Waals surface area contributed by atoms with Crippen molar-refractivity contribution in [2.45, 2.75) is 57.6 Å². The second-order valence-electron chi connectivity index (χ2n) is 7.87. The van der Waals surface area contributed by atoms with Gasteiger partial charge in [-0.1, -0.05) is 12.8 Å². The zero-order valence-electron chi connectivity index (χ0n) is 16.4. The molecule has 1 atom stereocenters. The molecule has 2 aliphatic rings. The van der Waals surface area contributed by atoms with E-state index in [1.807, 2.05) is 36.7 Å². The molecule has 1 N–H and O–H groups in total. The Kier molecular flexibility index (Phi) is 6.53. The van der Waals surface area contributed by atoms with Gasteiger partial charge in [-0.25, -0.2) is 9.48 Å². The number of hydrogen-bond donors (Lipinski definition) is 1. The first-order valence-electron chi connectivity index (χ1n) is 9.91. The van der Waals surface area contributed by atoms with E-state index in [4.69, 9.17) is 4.74 Å². The van der Waals surface area contributed by atoms with Gasteiger partial charge in [-0.3, -0.25) is 5.32 Å². The van der Waals surface area contributed by atoms with Gasteiger partial charge in [0.2, 0.25) is 0 Å². The summed E-state index contributed by atoms with van der Waals surface area (Å²) < 4.78 is 7.77. The largest absolute Gasteiger partial charge is 0.376 e. The lowest BCUT2D eigenvalue weighted by atomic mass is 10.2. The van der Waals surface area contributed by atoms with E-state index < -0.39 is 0 Å². The third kappa shape index (κ3) is 4.98. The summed E-state index contributed by atoms with van der Waals surface area (Å²) in [4.78, 5) is 17.0. The van der Waals surface area contributed by atoms with Crippen LogP contribution in [0.1, 0.15) is 50.3 Å². The van der Waals surface area contributed by atoms with Crippen LogP contribution in [0.4, 0.5) is 10.6 Å². The third-order valence-electron chi connectivity index (χ3n) is 5.32. The van der Waals surface area contributed by atoms with E-state index in [2.05, 4.69) is 15.3 Å². The van der Waals surface area contributed by atoms with E-state index >= 15 is 0 Å². The molecule has 3 rings (SSSR count). The highest BCUT2D eigenvalue weighted by molar-refractivity contribution is 5.88. The summed E-state index contributed by atoms with van der Waals surface area (Å²) in [6.45, 7) is 4.96. The van der Waals surface area contributed by atoms with Crippen molar-refractivity contribution < 1.29 is 9.53 Å². The molecule has 0 spiro atoms. The van der Waals surface area contributed by atoms with Gasteiger partial charge in [0.1, 0.15) is 5.82 Å². The fraction of sp³-hybridized carbons (Fsp3) is 0.789. The maximum atomic E-state index is 13.0. The molecule has 0 bridgehead atoms. The summed E-state index contributed by atoms with van der Waals surface area (Å²) in [6.07, 6.45) is 7.04. The summed E-state index contributed by atoms with van der Waals surface area (Å²) in [6, 6.07) is 2.33. The topological polar surface area (TPSA) is 62.6 Å². The van der Waals surface area contributed by atoms with Gasteiger partial charge in [0.25, 0.3) is 0 Å². The predicted octanol–water partition coefficient (Wildman–Crippen LogP) is 2.88. The molecule has 7 heteroatoms. The molecule has 0 aromatic carbocycles. The standard InChI is InChI=1S/C19H33N5O2/c1-15-13-18(24(21-15)16-7-4-5-8-16)20-19(25)23(11-10-22(2)3)14-17-9-6-12-26-17/h13,16-17H,4-12,14H2,1-3H3,(H,20,25)/t17-/m1/s1. The Hall–Kier alpha value is -1.60. The van der Waals surface area contributed by atoms with Crippen molar-refractivity contribution in [2.24, 2.45) is 0 Å². The van der Waals surface area contributed by atoms with Crippen molar-refractivity contribution >= 4 is 11.8 Å². The van der Waals surface area contributed by atoms with E-state index in [1.54, 1.807) is 0 Å². The first-order chi connectivity index (χ1) is 12.5. The molecule has 26 heavy (non-hydrogen) atoms. The molecule has 7 nitrogen and oxygen atoms in total. The van der Waals surface area contributed by atoms with Crippen molar-refractivity contribution in [1.29, 1.82) is 0 Å². The minimum Gasteiger partial charge on any atom is -0.376 e. The molecule has 2 amide bonds. The van der Waals surface area contributed by atoms with Gasteiger partial charge in [-0.15, -0.1) is 0 Å². The fourth-order valence-corrected chi connectivity index (χ4v) is 3.86. The van der Waals surface area contributed by atoms with Gasteiger partial charge in [-0.2, -0.15) is 5.10 Å². The average molecular weight is 364 g/mol. The molecule has 0 radical (unpaired) electrons. The molecule has 1 aliphatic heterocycles. The molecule has 1 aliphatic carbocycles. The first kappa shape index (κ1) is 19.2. The second-order valence-corrected chi connectivity index (χ2v) is 7.87. The summed E-state index contributed by atoms with van der Waals surface area (Å²) in [7, 11) is 4.06. The lowest BCUT2D eigenvalue weighted by molar-refractivity contribution is 0.0820. The van der Waals surface area contributed by atoms with Gasteiger partial charge in [0.05, 0.1) is 17.8 Å². The number of nitrogens with zero attached hydrogens (tertiary/aromatic N) is 4. The fourth-order valence-electron chi connectivity index (χ4n) is 3.86. The molecule has 2 fully saturated rings. The highest BCUT2D eigenvalue weighted by Crippen LogP contribution is 2.32. The van der Waals surface area contributed by atoms with Gasteiger partial charge < -0.3 is 14.5 Å². The summed E-state index contributed by atoms with van der Waals surface area (Å²) in [5, 5.41) is 7.75. The van der Waals surface area contributed by atoms with Gasteiger partial charge >= 0.3 is 6.03 Å². The van der Waals surface area contributed by atoms with E-state index in [1.165, 1.54) is 12.8 Å². The van der Waals surface area contributed by atoms with Crippen LogP contribution in [0.2, 0.25) is 0 Å². The van der Waals surface area contributed by atoms with Crippen LogP contribution in [0, 0.1) is 6.92 Å². The highest BCUT2D eigenvalue weighted by Gasteiger charge is 2.25. The average Bonchev–Trinajstić information content (AvgIpc) is 3.33. The van der Waals surface area contributed by atoms with Crippen LogP contribution in [0.25, 0.3) is 0 Å². The number of likely N-dealkylation sites (N-methyl/N-ethyl adjacent to an activating group) is 1. The Balaban J connectivity index is 1.67. The lowest BCUT2D eigenvalue weighted by Gasteiger charge is -2.27. The smallest absolute Gasteiger partial charge is 0.323 e. The molecule has 1 saturated carbocycles. The SMILES string of the molecule is Cc1cc(NC(=O)N(CCN(C)C)C[C@H]2CCCO2)n(C2CCCC2)n1. The van der Waals surface area contributed by atoms with E-state index in [-0.39, 0.29) is 12.1 Å². The molecule has 1 aromatic rings. The Morgan fingerprint density at radius 3 is 2.69 bits per heavy atom. The van der Waals surface area contributed by atoms with Crippen LogP contribution in [-0.2, 0) is 4.74 Å². The van der Waals surface area contributed by atoms with E-state index in [0.717, 1.165) is 50.3 Å². The van der Waals surface area contributed by atoms with Gasteiger partial charge in [0.15, 0.2) is 0 Å². The number of nitrogens with one attached hydrogen (secondary N) is 1.